The van der Waals surface area contributed by atoms with E-state index in [9.17, 15) is 4.79 Å². The van der Waals surface area contributed by atoms with Gasteiger partial charge in [-0.1, -0.05) is 25.5 Å². The summed E-state index contributed by atoms with van der Waals surface area (Å²) in [6.07, 6.45) is 6.66. The van der Waals surface area contributed by atoms with Gasteiger partial charge in [-0.25, -0.2) is 4.79 Å². The van der Waals surface area contributed by atoms with Crippen molar-refractivity contribution < 1.29 is 14.6 Å². The normalized spacial score (nSPS) is 12.0. The summed E-state index contributed by atoms with van der Waals surface area (Å²) < 4.78 is 0. The van der Waals surface area contributed by atoms with Crippen LogP contribution in [0.1, 0.15) is 59.8 Å². The van der Waals surface area contributed by atoms with Crippen LogP contribution in [0.2, 0.25) is 0 Å². The minimum atomic E-state index is -0.273. The van der Waals surface area contributed by atoms with Gasteiger partial charge < -0.3 is 0 Å². The minimum absolute atomic E-state index is 0.273. The average Bonchev–Trinajstić information content (AvgIpc) is 2.24. The van der Waals surface area contributed by atoms with Crippen LogP contribution >= 0.6 is 0 Å². The van der Waals surface area contributed by atoms with E-state index in [4.69, 9.17) is 4.89 Å². The Balaban J connectivity index is 3.42. The van der Waals surface area contributed by atoms with Gasteiger partial charge in [-0.15, -0.1) is 0 Å². The fourth-order valence-corrected chi connectivity index (χ4v) is 1.40. The van der Waals surface area contributed by atoms with Crippen molar-refractivity contribution >= 4 is 5.97 Å². The highest BCUT2D eigenvalue weighted by Gasteiger charge is 2.04. The summed E-state index contributed by atoms with van der Waals surface area (Å²) in [7, 11) is 0. The molecule has 1 atom stereocenters. The predicted octanol–water partition coefficient (Wildman–Crippen LogP) is 4.03. The quantitative estimate of drug-likeness (QED) is 0.265. The molecule has 1 unspecified atom stereocenters. The molecule has 0 amide bonds. The molecule has 0 radical (unpaired) electrons. The lowest BCUT2D eigenvalue weighted by Gasteiger charge is -2.09. The summed E-state index contributed by atoms with van der Waals surface area (Å²) >= 11 is 0. The second-order valence-electron chi connectivity index (χ2n) is 4.78. The number of carbonyl (C=O) groups excluding carboxylic acids is 1. The van der Waals surface area contributed by atoms with Crippen molar-refractivity contribution in [2.75, 3.05) is 6.61 Å². The molecule has 0 aliphatic rings. The zero-order valence-corrected chi connectivity index (χ0v) is 11.6. The lowest BCUT2D eigenvalue weighted by molar-refractivity contribution is -0.273. The zero-order valence-electron chi connectivity index (χ0n) is 11.6. The van der Waals surface area contributed by atoms with E-state index in [1.807, 2.05) is 6.92 Å². The monoisotopic (exact) mass is 242 g/mol. The Morgan fingerprint density at radius 1 is 1.29 bits per heavy atom. The molecule has 3 nitrogen and oxygen atoms in total. The van der Waals surface area contributed by atoms with Crippen molar-refractivity contribution in [3.63, 3.8) is 0 Å². The second kappa shape index (κ2) is 10.3. The summed E-state index contributed by atoms with van der Waals surface area (Å²) in [4.78, 5) is 20.5. The van der Waals surface area contributed by atoms with Crippen molar-refractivity contribution in [1.82, 2.24) is 0 Å². The first kappa shape index (κ1) is 16.2. The highest BCUT2D eigenvalue weighted by molar-refractivity contribution is 5.68. The molecule has 0 bridgehead atoms. The molecule has 0 saturated heterocycles. The van der Waals surface area contributed by atoms with E-state index in [-0.39, 0.29) is 5.97 Å². The molecule has 0 saturated carbocycles. The third-order valence-electron chi connectivity index (χ3n) is 2.51. The van der Waals surface area contributed by atoms with Gasteiger partial charge in [0.25, 0.3) is 0 Å². The Morgan fingerprint density at radius 2 is 2.00 bits per heavy atom. The van der Waals surface area contributed by atoms with Gasteiger partial charge in [-0.2, -0.15) is 4.89 Å². The first-order chi connectivity index (χ1) is 8.06. The highest BCUT2D eigenvalue weighted by atomic mass is 17.2. The van der Waals surface area contributed by atoms with Gasteiger partial charge in [0.15, 0.2) is 0 Å². The van der Waals surface area contributed by atoms with Gasteiger partial charge in [0.05, 0.1) is 6.61 Å². The second-order valence-corrected chi connectivity index (χ2v) is 4.78. The van der Waals surface area contributed by atoms with E-state index in [1.54, 1.807) is 0 Å². The van der Waals surface area contributed by atoms with Crippen LogP contribution in [0.4, 0.5) is 0 Å². The van der Waals surface area contributed by atoms with Crippen LogP contribution < -0.4 is 0 Å². The highest BCUT2D eigenvalue weighted by Crippen LogP contribution is 2.11. The first-order valence-corrected chi connectivity index (χ1v) is 6.52. The summed E-state index contributed by atoms with van der Waals surface area (Å²) in [6, 6.07) is 0. The van der Waals surface area contributed by atoms with Crippen LogP contribution in [0.5, 0.6) is 0 Å². The number of hydrogen-bond acceptors (Lipinski definition) is 3. The standard InChI is InChI=1S/C14H26O3/c1-5-7-14(15)17-16-11-10-13(4)9-6-8-12(2)3/h8,13H,5-7,9-11H2,1-4H3. The number of carbonyl (C=O) groups is 1. The molecule has 0 aliphatic carbocycles. The molecule has 0 rings (SSSR count). The van der Waals surface area contributed by atoms with Crippen LogP contribution in [0.15, 0.2) is 11.6 Å². The maximum absolute atomic E-state index is 11.0. The van der Waals surface area contributed by atoms with E-state index in [1.165, 1.54) is 5.57 Å². The smallest absolute Gasteiger partial charge is 0.298 e. The van der Waals surface area contributed by atoms with Gasteiger partial charge in [-0.3, -0.25) is 4.89 Å². The van der Waals surface area contributed by atoms with Crippen LogP contribution in [0.3, 0.4) is 0 Å². The summed E-state index contributed by atoms with van der Waals surface area (Å²) in [5.41, 5.74) is 1.36. The topological polar surface area (TPSA) is 35.5 Å². The van der Waals surface area contributed by atoms with Crippen molar-refractivity contribution in [1.29, 1.82) is 0 Å². The minimum Gasteiger partial charge on any atom is -0.298 e. The molecule has 0 aromatic carbocycles. The Hall–Kier alpha value is -0.830. The maximum atomic E-state index is 11.0. The van der Waals surface area contributed by atoms with Gasteiger partial charge >= 0.3 is 5.97 Å². The third-order valence-corrected chi connectivity index (χ3v) is 2.51. The molecule has 0 N–H and O–H groups in total. The van der Waals surface area contributed by atoms with E-state index < -0.39 is 0 Å². The fourth-order valence-electron chi connectivity index (χ4n) is 1.40. The summed E-state index contributed by atoms with van der Waals surface area (Å²) in [6.45, 7) is 8.84. The molecule has 0 aliphatic heterocycles. The average molecular weight is 242 g/mol. The molecule has 0 aromatic rings. The SMILES string of the molecule is CCCC(=O)OOCCC(C)CCC=C(C)C. The molecule has 0 spiro atoms. The molecular weight excluding hydrogens is 216 g/mol. The van der Waals surface area contributed by atoms with Crippen LogP contribution in [0.25, 0.3) is 0 Å². The van der Waals surface area contributed by atoms with Crippen LogP contribution in [-0.4, -0.2) is 12.6 Å². The maximum Gasteiger partial charge on any atom is 0.342 e. The van der Waals surface area contributed by atoms with Crippen LogP contribution in [-0.2, 0) is 14.6 Å². The van der Waals surface area contributed by atoms with Gasteiger partial charge in [-0.05, 0) is 45.4 Å². The van der Waals surface area contributed by atoms with Gasteiger partial charge in [0, 0.05) is 6.42 Å². The van der Waals surface area contributed by atoms with E-state index in [0.29, 0.717) is 18.9 Å². The molecular formula is C14H26O3. The Labute approximate surface area is 105 Å². The molecule has 0 fully saturated rings. The van der Waals surface area contributed by atoms with Gasteiger partial charge in [0.2, 0.25) is 0 Å². The number of allylic oxidation sites excluding steroid dienone is 2. The van der Waals surface area contributed by atoms with Crippen molar-refractivity contribution in [3.05, 3.63) is 11.6 Å². The first-order valence-electron chi connectivity index (χ1n) is 6.52. The number of rotatable bonds is 9. The van der Waals surface area contributed by atoms with E-state index in [0.717, 1.165) is 25.7 Å². The van der Waals surface area contributed by atoms with Crippen molar-refractivity contribution in [3.8, 4) is 0 Å². The van der Waals surface area contributed by atoms with E-state index >= 15 is 0 Å². The number of hydrogen-bond donors (Lipinski definition) is 0. The Kier molecular flexibility index (Phi) is 9.83. The lowest BCUT2D eigenvalue weighted by atomic mass is 10.0. The summed E-state index contributed by atoms with van der Waals surface area (Å²) in [5, 5.41) is 0. The Morgan fingerprint density at radius 3 is 2.59 bits per heavy atom. The zero-order chi connectivity index (χ0) is 13.1. The molecule has 17 heavy (non-hydrogen) atoms. The predicted molar refractivity (Wildman–Crippen MR) is 69.4 cm³/mol. The van der Waals surface area contributed by atoms with Gasteiger partial charge in [0.1, 0.15) is 0 Å². The molecule has 100 valence electrons. The molecule has 0 aromatic heterocycles. The molecule has 0 heterocycles. The van der Waals surface area contributed by atoms with Crippen LogP contribution in [0, 0.1) is 5.92 Å². The largest absolute Gasteiger partial charge is 0.342 e. The lowest BCUT2D eigenvalue weighted by Crippen LogP contribution is -2.08. The third kappa shape index (κ3) is 11.4. The van der Waals surface area contributed by atoms with Crippen molar-refractivity contribution in [2.45, 2.75) is 59.8 Å². The fraction of sp³-hybridized carbons (Fsp3) is 0.786. The summed E-state index contributed by atoms with van der Waals surface area (Å²) in [5.74, 6) is 0.320. The van der Waals surface area contributed by atoms with Crippen molar-refractivity contribution in [2.24, 2.45) is 5.92 Å². The molecule has 3 heteroatoms. The van der Waals surface area contributed by atoms with E-state index in [2.05, 4.69) is 31.7 Å². The Bertz CT molecular complexity index is 230.